The minimum absolute atomic E-state index is 0.124. The first-order valence-electron chi connectivity index (χ1n) is 5.91. The molecule has 1 atom stereocenters. The first-order valence-corrected chi connectivity index (χ1v) is 7.08. The third kappa shape index (κ3) is 2.83. The van der Waals surface area contributed by atoms with E-state index in [1.54, 1.807) is 29.1 Å². The van der Waals surface area contributed by atoms with E-state index >= 15 is 0 Å². The van der Waals surface area contributed by atoms with Gasteiger partial charge < -0.3 is 5.32 Å². The summed E-state index contributed by atoms with van der Waals surface area (Å²) in [5, 5.41) is 7.56. The molecule has 0 radical (unpaired) electrons. The molecule has 1 heterocycles. The van der Waals surface area contributed by atoms with Crippen LogP contribution >= 0.6 is 27.5 Å². The monoisotopic (exact) mass is 345 g/mol. The van der Waals surface area contributed by atoms with Gasteiger partial charge >= 0.3 is 0 Å². The van der Waals surface area contributed by atoms with Crippen molar-refractivity contribution in [2.45, 2.75) is 13.0 Å². The minimum Gasteiger partial charge on any atom is -0.305 e. The average molecular weight is 347 g/mol. The molecular weight excluding hydrogens is 333 g/mol. The number of rotatable bonds is 4. The van der Waals surface area contributed by atoms with Crippen LogP contribution in [-0.4, -0.2) is 16.3 Å². The van der Waals surface area contributed by atoms with Gasteiger partial charge in [0.2, 0.25) is 0 Å². The molecule has 2 aromatic rings. The van der Waals surface area contributed by atoms with E-state index in [2.05, 4.69) is 26.3 Å². The summed E-state index contributed by atoms with van der Waals surface area (Å²) in [6.07, 6.45) is 1.70. The molecule has 0 aliphatic rings. The van der Waals surface area contributed by atoms with E-state index in [0.29, 0.717) is 12.1 Å². The maximum absolute atomic E-state index is 14.2. The van der Waals surface area contributed by atoms with Gasteiger partial charge in [-0.1, -0.05) is 30.7 Å². The van der Waals surface area contributed by atoms with Gasteiger partial charge in [-0.05, 0) is 28.5 Å². The lowest BCUT2D eigenvalue weighted by atomic mass is 10.0. The smallest absolute Gasteiger partial charge is 0.146 e. The van der Waals surface area contributed by atoms with E-state index in [0.717, 1.165) is 10.2 Å². The topological polar surface area (TPSA) is 29.9 Å². The van der Waals surface area contributed by atoms with Gasteiger partial charge in [0.15, 0.2) is 0 Å². The summed E-state index contributed by atoms with van der Waals surface area (Å²) in [7, 11) is 1.83. The lowest BCUT2D eigenvalue weighted by molar-refractivity contribution is 0.531. The van der Waals surface area contributed by atoms with Crippen LogP contribution in [0.15, 0.2) is 28.9 Å². The van der Waals surface area contributed by atoms with E-state index < -0.39 is 5.82 Å². The summed E-state index contributed by atoms with van der Waals surface area (Å²) < 4.78 is 16.8. The molecule has 0 aliphatic carbocycles. The molecule has 1 unspecified atom stereocenters. The zero-order chi connectivity index (χ0) is 14.0. The van der Waals surface area contributed by atoms with Crippen LogP contribution in [0.3, 0.4) is 0 Å². The molecule has 0 fully saturated rings. The Labute approximate surface area is 124 Å². The summed E-state index contributed by atoms with van der Waals surface area (Å²) in [5.74, 6) is -0.400. The second-order valence-electron chi connectivity index (χ2n) is 4.14. The summed E-state index contributed by atoms with van der Waals surface area (Å²) >= 11 is 9.31. The van der Waals surface area contributed by atoms with Crippen molar-refractivity contribution in [2.75, 3.05) is 6.54 Å². The first-order chi connectivity index (χ1) is 9.06. The maximum atomic E-state index is 14.2. The van der Waals surface area contributed by atoms with Gasteiger partial charge in [-0.15, -0.1) is 0 Å². The molecule has 1 N–H and O–H groups in total. The molecule has 1 aromatic heterocycles. The van der Waals surface area contributed by atoms with Crippen LogP contribution < -0.4 is 5.32 Å². The Balaban J connectivity index is 2.55. The lowest BCUT2D eigenvalue weighted by Gasteiger charge is -2.20. The van der Waals surface area contributed by atoms with Crippen molar-refractivity contribution in [1.82, 2.24) is 15.1 Å². The molecule has 0 saturated carbocycles. The molecule has 6 heteroatoms. The van der Waals surface area contributed by atoms with Crippen molar-refractivity contribution in [2.24, 2.45) is 7.05 Å². The Morgan fingerprint density at radius 3 is 2.84 bits per heavy atom. The number of nitrogens with zero attached hydrogens (tertiary/aromatic N) is 2. The highest BCUT2D eigenvalue weighted by Gasteiger charge is 2.23. The highest BCUT2D eigenvalue weighted by atomic mass is 79.9. The van der Waals surface area contributed by atoms with Gasteiger partial charge in [-0.3, -0.25) is 4.68 Å². The molecular formula is C13H14BrClFN3. The van der Waals surface area contributed by atoms with Gasteiger partial charge in [-0.2, -0.15) is 5.10 Å². The number of hydrogen-bond acceptors (Lipinski definition) is 2. The van der Waals surface area contributed by atoms with Crippen molar-refractivity contribution in [1.29, 1.82) is 0 Å². The maximum Gasteiger partial charge on any atom is 0.146 e. The van der Waals surface area contributed by atoms with E-state index in [-0.39, 0.29) is 11.1 Å². The van der Waals surface area contributed by atoms with Crippen LogP contribution in [0.25, 0.3) is 0 Å². The third-order valence-electron chi connectivity index (χ3n) is 2.91. The van der Waals surface area contributed by atoms with E-state index in [4.69, 9.17) is 11.6 Å². The number of halogens is 3. The number of aromatic nitrogens is 2. The summed E-state index contributed by atoms with van der Waals surface area (Å²) in [6, 6.07) is 4.72. The predicted octanol–water partition coefficient (Wildman–Crippen LogP) is 3.67. The highest BCUT2D eigenvalue weighted by Crippen LogP contribution is 2.31. The van der Waals surface area contributed by atoms with Crippen molar-refractivity contribution in [3.63, 3.8) is 0 Å². The molecule has 0 saturated heterocycles. The van der Waals surface area contributed by atoms with Crippen LogP contribution in [0.2, 0.25) is 5.02 Å². The summed E-state index contributed by atoms with van der Waals surface area (Å²) in [4.78, 5) is 0. The standard InChI is InChI=1S/C13H14BrClFN3/c1-3-17-12(13-9(14)7-18-19(13)2)8-5-4-6-10(15)11(8)16/h4-7,12,17H,3H2,1-2H3. The number of nitrogens with one attached hydrogen (secondary N) is 1. The normalized spacial score (nSPS) is 12.7. The minimum atomic E-state index is -0.400. The SMILES string of the molecule is CCNC(c1cccc(Cl)c1F)c1c(Br)cnn1C. The zero-order valence-corrected chi connectivity index (χ0v) is 13.0. The molecule has 0 spiro atoms. The molecule has 19 heavy (non-hydrogen) atoms. The Bertz CT molecular complexity index is 566. The zero-order valence-electron chi connectivity index (χ0n) is 10.6. The fourth-order valence-corrected chi connectivity index (χ4v) is 2.81. The number of benzene rings is 1. The fraction of sp³-hybridized carbons (Fsp3) is 0.308. The predicted molar refractivity (Wildman–Crippen MR) is 77.8 cm³/mol. The molecule has 102 valence electrons. The number of hydrogen-bond donors (Lipinski definition) is 1. The second kappa shape index (κ2) is 6.03. The highest BCUT2D eigenvalue weighted by molar-refractivity contribution is 9.10. The summed E-state index contributed by atoms with van der Waals surface area (Å²) in [6.45, 7) is 2.67. The van der Waals surface area contributed by atoms with Gasteiger partial charge in [-0.25, -0.2) is 4.39 Å². The molecule has 0 aliphatic heterocycles. The quantitative estimate of drug-likeness (QED) is 0.915. The van der Waals surface area contributed by atoms with E-state index in [9.17, 15) is 4.39 Å². The van der Waals surface area contributed by atoms with Crippen molar-refractivity contribution in [3.05, 3.63) is 51.0 Å². The molecule has 1 aromatic carbocycles. The van der Waals surface area contributed by atoms with Gasteiger partial charge in [0.05, 0.1) is 27.4 Å². The molecule has 0 amide bonds. The average Bonchev–Trinajstić information content (AvgIpc) is 2.70. The van der Waals surface area contributed by atoms with E-state index in [1.807, 2.05) is 14.0 Å². The second-order valence-corrected chi connectivity index (χ2v) is 5.40. The lowest BCUT2D eigenvalue weighted by Crippen LogP contribution is -2.25. The van der Waals surface area contributed by atoms with Gasteiger partial charge in [0.25, 0.3) is 0 Å². The Morgan fingerprint density at radius 1 is 1.53 bits per heavy atom. The van der Waals surface area contributed by atoms with Crippen LogP contribution in [0.1, 0.15) is 24.2 Å². The molecule has 2 rings (SSSR count). The largest absolute Gasteiger partial charge is 0.305 e. The van der Waals surface area contributed by atoms with Gasteiger partial charge in [0.1, 0.15) is 5.82 Å². The molecule has 3 nitrogen and oxygen atoms in total. The third-order valence-corrected chi connectivity index (χ3v) is 3.81. The Morgan fingerprint density at radius 2 is 2.26 bits per heavy atom. The van der Waals surface area contributed by atoms with Crippen LogP contribution in [0, 0.1) is 5.82 Å². The Kier molecular flexibility index (Phi) is 4.60. The van der Waals surface area contributed by atoms with Crippen LogP contribution in [0.5, 0.6) is 0 Å². The first kappa shape index (κ1) is 14.5. The summed E-state index contributed by atoms with van der Waals surface area (Å²) in [5.41, 5.74) is 1.38. The van der Waals surface area contributed by atoms with Crippen LogP contribution in [-0.2, 0) is 7.05 Å². The number of aryl methyl sites for hydroxylation is 1. The van der Waals surface area contributed by atoms with Crippen LogP contribution in [0.4, 0.5) is 4.39 Å². The fourth-order valence-electron chi connectivity index (χ4n) is 2.05. The van der Waals surface area contributed by atoms with E-state index in [1.165, 1.54) is 0 Å². The van der Waals surface area contributed by atoms with Crippen molar-refractivity contribution < 1.29 is 4.39 Å². The Hall–Kier alpha value is -0.910. The van der Waals surface area contributed by atoms with Gasteiger partial charge in [0, 0.05) is 12.6 Å². The van der Waals surface area contributed by atoms with Crippen molar-refractivity contribution in [3.8, 4) is 0 Å². The molecule has 0 bridgehead atoms. The van der Waals surface area contributed by atoms with Crippen molar-refractivity contribution >= 4 is 27.5 Å².